The lowest BCUT2D eigenvalue weighted by atomic mass is 10.2. The standard InChI is InChI=1S/C14H20FNO/c1-4-8-16-9-11(2)10-17-13-7-5-6-12(3)14(13)15/h5-7,16H,2,4,8-10H2,1,3H3. The number of rotatable bonds is 7. The highest BCUT2D eigenvalue weighted by molar-refractivity contribution is 5.30. The summed E-state index contributed by atoms with van der Waals surface area (Å²) in [6.45, 7) is 9.72. The highest BCUT2D eigenvalue weighted by Crippen LogP contribution is 2.19. The second-order valence-corrected chi connectivity index (χ2v) is 4.10. The van der Waals surface area contributed by atoms with Crippen molar-refractivity contribution in [3.63, 3.8) is 0 Å². The Morgan fingerprint density at radius 3 is 2.94 bits per heavy atom. The van der Waals surface area contributed by atoms with E-state index in [1.165, 1.54) is 0 Å². The number of hydrogen-bond acceptors (Lipinski definition) is 2. The van der Waals surface area contributed by atoms with Crippen LogP contribution in [0.1, 0.15) is 18.9 Å². The van der Waals surface area contributed by atoms with Crippen molar-refractivity contribution < 1.29 is 9.13 Å². The minimum Gasteiger partial charge on any atom is -0.486 e. The molecule has 0 amide bonds. The van der Waals surface area contributed by atoms with E-state index >= 15 is 0 Å². The average molecular weight is 237 g/mol. The Bertz CT molecular complexity index is 376. The summed E-state index contributed by atoms with van der Waals surface area (Å²) in [6.07, 6.45) is 1.08. The Balaban J connectivity index is 2.39. The van der Waals surface area contributed by atoms with Crippen molar-refractivity contribution >= 4 is 0 Å². The van der Waals surface area contributed by atoms with Crippen molar-refractivity contribution in [2.75, 3.05) is 19.7 Å². The summed E-state index contributed by atoms with van der Waals surface area (Å²) in [6, 6.07) is 5.14. The molecule has 1 aromatic carbocycles. The van der Waals surface area contributed by atoms with Crippen LogP contribution in [0.5, 0.6) is 5.75 Å². The highest BCUT2D eigenvalue weighted by atomic mass is 19.1. The topological polar surface area (TPSA) is 21.3 Å². The van der Waals surface area contributed by atoms with E-state index in [0.29, 0.717) is 24.5 Å². The van der Waals surface area contributed by atoms with Gasteiger partial charge < -0.3 is 10.1 Å². The van der Waals surface area contributed by atoms with Gasteiger partial charge in [0.1, 0.15) is 6.61 Å². The van der Waals surface area contributed by atoms with Crippen LogP contribution in [0.2, 0.25) is 0 Å². The molecule has 1 aromatic rings. The van der Waals surface area contributed by atoms with Crippen molar-refractivity contribution in [1.29, 1.82) is 0 Å². The number of hydrogen-bond donors (Lipinski definition) is 1. The monoisotopic (exact) mass is 237 g/mol. The lowest BCUT2D eigenvalue weighted by Gasteiger charge is -2.10. The second kappa shape index (κ2) is 7.07. The molecule has 0 aliphatic carbocycles. The van der Waals surface area contributed by atoms with Crippen molar-refractivity contribution in [3.05, 3.63) is 41.7 Å². The lowest BCUT2D eigenvalue weighted by Crippen LogP contribution is -2.20. The molecule has 0 aliphatic rings. The van der Waals surface area contributed by atoms with E-state index in [2.05, 4.69) is 18.8 Å². The number of halogens is 1. The zero-order chi connectivity index (χ0) is 12.7. The third-order valence-electron chi connectivity index (χ3n) is 2.39. The fourth-order valence-corrected chi connectivity index (χ4v) is 1.40. The van der Waals surface area contributed by atoms with Crippen LogP contribution in [0.4, 0.5) is 4.39 Å². The number of ether oxygens (including phenoxy) is 1. The molecule has 2 nitrogen and oxygen atoms in total. The van der Waals surface area contributed by atoms with Crippen LogP contribution in [-0.4, -0.2) is 19.7 Å². The van der Waals surface area contributed by atoms with Gasteiger partial charge in [0, 0.05) is 6.54 Å². The van der Waals surface area contributed by atoms with Gasteiger partial charge in [-0.25, -0.2) is 4.39 Å². The minimum atomic E-state index is -0.290. The normalized spacial score (nSPS) is 10.3. The van der Waals surface area contributed by atoms with Gasteiger partial charge in [0.15, 0.2) is 11.6 Å². The quantitative estimate of drug-likeness (QED) is 0.581. The highest BCUT2D eigenvalue weighted by Gasteiger charge is 2.05. The van der Waals surface area contributed by atoms with Gasteiger partial charge in [0.25, 0.3) is 0 Å². The van der Waals surface area contributed by atoms with E-state index in [0.717, 1.165) is 18.5 Å². The van der Waals surface area contributed by atoms with E-state index in [-0.39, 0.29) is 5.82 Å². The molecule has 0 spiro atoms. The fraction of sp³-hybridized carbons (Fsp3) is 0.429. The molecule has 0 atom stereocenters. The van der Waals surface area contributed by atoms with Gasteiger partial charge in [-0.05, 0) is 37.1 Å². The molecule has 0 heterocycles. The first-order valence-corrected chi connectivity index (χ1v) is 5.90. The molecule has 17 heavy (non-hydrogen) atoms. The predicted molar refractivity (Wildman–Crippen MR) is 68.9 cm³/mol. The molecule has 0 saturated heterocycles. The Kier molecular flexibility index (Phi) is 5.70. The van der Waals surface area contributed by atoms with Gasteiger partial charge in [-0.2, -0.15) is 0 Å². The van der Waals surface area contributed by atoms with Crippen LogP contribution < -0.4 is 10.1 Å². The largest absolute Gasteiger partial charge is 0.486 e. The average Bonchev–Trinajstić information content (AvgIpc) is 2.31. The molecule has 0 unspecified atom stereocenters. The van der Waals surface area contributed by atoms with Crippen LogP contribution >= 0.6 is 0 Å². The van der Waals surface area contributed by atoms with E-state index < -0.39 is 0 Å². The fourth-order valence-electron chi connectivity index (χ4n) is 1.40. The maximum Gasteiger partial charge on any atom is 0.167 e. The molecule has 0 bridgehead atoms. The minimum absolute atomic E-state index is 0.290. The van der Waals surface area contributed by atoms with Gasteiger partial charge in [0.05, 0.1) is 0 Å². The Morgan fingerprint density at radius 2 is 2.24 bits per heavy atom. The Hall–Kier alpha value is -1.35. The molecule has 0 aromatic heterocycles. The van der Waals surface area contributed by atoms with E-state index in [4.69, 9.17) is 4.74 Å². The zero-order valence-electron chi connectivity index (χ0n) is 10.6. The van der Waals surface area contributed by atoms with Crippen molar-refractivity contribution in [1.82, 2.24) is 5.32 Å². The van der Waals surface area contributed by atoms with Crippen molar-refractivity contribution in [2.24, 2.45) is 0 Å². The summed E-state index contributed by atoms with van der Waals surface area (Å²) in [7, 11) is 0. The zero-order valence-corrected chi connectivity index (χ0v) is 10.6. The Labute approximate surface area is 102 Å². The maximum atomic E-state index is 13.6. The van der Waals surface area contributed by atoms with Crippen molar-refractivity contribution in [3.8, 4) is 5.75 Å². The van der Waals surface area contributed by atoms with E-state index in [9.17, 15) is 4.39 Å². The first-order valence-electron chi connectivity index (χ1n) is 5.90. The molecule has 3 heteroatoms. The second-order valence-electron chi connectivity index (χ2n) is 4.10. The first kappa shape index (κ1) is 13.7. The number of nitrogens with one attached hydrogen (secondary N) is 1. The van der Waals surface area contributed by atoms with Gasteiger partial charge in [0.2, 0.25) is 0 Å². The summed E-state index contributed by atoms with van der Waals surface area (Å²) in [5, 5.41) is 3.22. The maximum absolute atomic E-state index is 13.6. The molecule has 1 rings (SSSR count). The number of benzene rings is 1. The summed E-state index contributed by atoms with van der Waals surface area (Å²) in [4.78, 5) is 0. The van der Waals surface area contributed by atoms with E-state index in [1.807, 2.05) is 0 Å². The SMILES string of the molecule is C=C(CNCCC)COc1cccc(C)c1F. The van der Waals surface area contributed by atoms with Gasteiger partial charge in [-0.3, -0.25) is 0 Å². The van der Waals surface area contributed by atoms with Crippen LogP contribution in [0, 0.1) is 12.7 Å². The predicted octanol–water partition coefficient (Wildman–Crippen LogP) is 3.07. The molecular formula is C14H20FNO. The molecular weight excluding hydrogens is 217 g/mol. The molecule has 1 N–H and O–H groups in total. The van der Waals surface area contributed by atoms with E-state index in [1.54, 1.807) is 25.1 Å². The molecule has 0 saturated carbocycles. The molecule has 0 radical (unpaired) electrons. The first-order chi connectivity index (χ1) is 8.15. The van der Waals surface area contributed by atoms with Crippen LogP contribution in [-0.2, 0) is 0 Å². The molecule has 0 aliphatic heterocycles. The van der Waals surface area contributed by atoms with Crippen molar-refractivity contribution in [2.45, 2.75) is 20.3 Å². The summed E-state index contributed by atoms with van der Waals surface area (Å²) in [5.41, 5.74) is 1.51. The molecule has 94 valence electrons. The third kappa shape index (κ3) is 4.57. The van der Waals surface area contributed by atoms with Crippen LogP contribution in [0.25, 0.3) is 0 Å². The summed E-state index contributed by atoms with van der Waals surface area (Å²) >= 11 is 0. The van der Waals surface area contributed by atoms with Crippen LogP contribution in [0.15, 0.2) is 30.4 Å². The summed E-state index contributed by atoms with van der Waals surface area (Å²) in [5.74, 6) is 0.00320. The lowest BCUT2D eigenvalue weighted by molar-refractivity contribution is 0.328. The van der Waals surface area contributed by atoms with Gasteiger partial charge in [-0.1, -0.05) is 25.6 Å². The van der Waals surface area contributed by atoms with Gasteiger partial charge >= 0.3 is 0 Å². The Morgan fingerprint density at radius 1 is 1.47 bits per heavy atom. The number of aryl methyl sites for hydroxylation is 1. The summed E-state index contributed by atoms with van der Waals surface area (Å²) < 4.78 is 19.0. The van der Waals surface area contributed by atoms with Crippen LogP contribution in [0.3, 0.4) is 0 Å². The molecule has 0 fully saturated rings. The smallest absolute Gasteiger partial charge is 0.167 e. The van der Waals surface area contributed by atoms with Gasteiger partial charge in [-0.15, -0.1) is 0 Å². The third-order valence-corrected chi connectivity index (χ3v) is 2.39.